The zero-order valence-electron chi connectivity index (χ0n) is 14.3. The maximum atomic E-state index is 12.5. The van der Waals surface area contributed by atoms with Gasteiger partial charge in [0.1, 0.15) is 11.4 Å². The van der Waals surface area contributed by atoms with E-state index in [4.69, 9.17) is 0 Å². The van der Waals surface area contributed by atoms with Crippen LogP contribution in [0, 0.1) is 13.8 Å². The summed E-state index contributed by atoms with van der Waals surface area (Å²) in [6.45, 7) is 8.10. The van der Waals surface area contributed by atoms with Crippen LogP contribution in [0.5, 0.6) is 0 Å². The summed E-state index contributed by atoms with van der Waals surface area (Å²) in [7, 11) is 0. The van der Waals surface area contributed by atoms with Gasteiger partial charge in [-0.3, -0.25) is 14.2 Å². The number of thiophene rings is 1. The Morgan fingerprint density at radius 3 is 2.83 bits per heavy atom. The van der Waals surface area contributed by atoms with Crippen LogP contribution in [-0.4, -0.2) is 21.5 Å². The third kappa shape index (κ3) is 4.19. The second kappa shape index (κ2) is 7.73. The van der Waals surface area contributed by atoms with E-state index in [1.807, 2.05) is 20.8 Å². The summed E-state index contributed by atoms with van der Waals surface area (Å²) in [6, 6.07) is 0.131. The fraction of sp³-hybridized carbons (Fsp3) is 0.588. The summed E-state index contributed by atoms with van der Waals surface area (Å²) in [5.41, 5.74) is 0.829. The summed E-state index contributed by atoms with van der Waals surface area (Å²) in [5, 5.41) is 3.60. The highest BCUT2D eigenvalue weighted by Crippen LogP contribution is 2.25. The average molecular weight is 335 g/mol. The van der Waals surface area contributed by atoms with E-state index in [0.29, 0.717) is 5.39 Å². The molecule has 2 rings (SSSR count). The molecule has 0 fully saturated rings. The number of amides is 1. The Bertz CT molecular complexity index is 748. The number of nitrogens with zero attached hydrogens (tertiary/aromatic N) is 2. The molecule has 0 aliphatic carbocycles. The number of aryl methyl sites for hydroxylation is 2. The second-order valence-corrected chi connectivity index (χ2v) is 7.31. The quantitative estimate of drug-likeness (QED) is 0.791. The van der Waals surface area contributed by atoms with Gasteiger partial charge in [-0.05, 0) is 32.8 Å². The number of rotatable bonds is 7. The number of hydrogen-bond donors (Lipinski definition) is 1. The van der Waals surface area contributed by atoms with E-state index < -0.39 is 0 Å². The van der Waals surface area contributed by atoms with Crippen LogP contribution in [0.25, 0.3) is 10.2 Å². The summed E-state index contributed by atoms with van der Waals surface area (Å²) >= 11 is 1.52. The van der Waals surface area contributed by atoms with E-state index in [2.05, 4.69) is 17.2 Å². The minimum Gasteiger partial charge on any atom is -0.352 e. The van der Waals surface area contributed by atoms with Gasteiger partial charge in [0.25, 0.3) is 5.56 Å². The van der Waals surface area contributed by atoms with Crippen molar-refractivity contribution < 1.29 is 4.79 Å². The van der Waals surface area contributed by atoms with Crippen molar-refractivity contribution in [3.8, 4) is 0 Å². The molecule has 2 aromatic rings. The SMILES string of the molecule is CCCCCC(C)NC(=O)Cn1cnc2sc(C)c(C)c2c1=O. The zero-order chi connectivity index (χ0) is 17.0. The van der Waals surface area contributed by atoms with Crippen molar-refractivity contribution in [2.24, 2.45) is 0 Å². The van der Waals surface area contributed by atoms with Crippen LogP contribution in [0.3, 0.4) is 0 Å². The van der Waals surface area contributed by atoms with E-state index >= 15 is 0 Å². The van der Waals surface area contributed by atoms with Crippen LogP contribution in [0.1, 0.15) is 50.0 Å². The van der Waals surface area contributed by atoms with Gasteiger partial charge in [0.05, 0.1) is 11.7 Å². The number of carbonyl (C=O) groups excluding carboxylic acids is 1. The number of nitrogens with one attached hydrogen (secondary N) is 1. The van der Waals surface area contributed by atoms with Crippen LogP contribution < -0.4 is 10.9 Å². The standard InChI is InChI=1S/C17H25N3O2S/c1-5-6-7-8-11(2)19-14(21)9-20-10-18-16-15(17(20)22)12(3)13(4)23-16/h10-11H,5-9H2,1-4H3,(H,19,21). The Balaban J connectivity index is 2.07. The van der Waals surface area contributed by atoms with Gasteiger partial charge in [-0.1, -0.05) is 26.2 Å². The molecule has 2 aromatic heterocycles. The van der Waals surface area contributed by atoms with Crippen LogP contribution in [0.2, 0.25) is 0 Å². The molecule has 5 nitrogen and oxygen atoms in total. The lowest BCUT2D eigenvalue weighted by Gasteiger charge is -2.14. The Hall–Kier alpha value is -1.69. The van der Waals surface area contributed by atoms with Gasteiger partial charge in [-0.15, -0.1) is 11.3 Å². The smallest absolute Gasteiger partial charge is 0.262 e. The Labute approximate surface area is 140 Å². The van der Waals surface area contributed by atoms with E-state index in [1.165, 1.54) is 35.1 Å². The van der Waals surface area contributed by atoms with Gasteiger partial charge < -0.3 is 5.32 Å². The average Bonchev–Trinajstić information content (AvgIpc) is 2.78. The van der Waals surface area contributed by atoms with Gasteiger partial charge in [0.2, 0.25) is 5.91 Å². The molecule has 1 N–H and O–H groups in total. The summed E-state index contributed by atoms with van der Waals surface area (Å²) in [4.78, 5) is 30.8. The third-order valence-corrected chi connectivity index (χ3v) is 5.23. The molecule has 126 valence electrons. The van der Waals surface area contributed by atoms with E-state index in [1.54, 1.807) is 0 Å². The molecule has 1 atom stereocenters. The van der Waals surface area contributed by atoms with Crippen LogP contribution in [0.15, 0.2) is 11.1 Å². The molecule has 0 saturated heterocycles. The molecular weight excluding hydrogens is 310 g/mol. The minimum atomic E-state index is -0.137. The molecule has 1 unspecified atom stereocenters. The van der Waals surface area contributed by atoms with Gasteiger partial charge >= 0.3 is 0 Å². The monoisotopic (exact) mass is 335 g/mol. The van der Waals surface area contributed by atoms with Gasteiger partial charge in [0, 0.05) is 10.9 Å². The van der Waals surface area contributed by atoms with Crippen molar-refractivity contribution in [2.45, 2.75) is 66.0 Å². The van der Waals surface area contributed by atoms with Crippen LogP contribution in [0.4, 0.5) is 0 Å². The van der Waals surface area contributed by atoms with E-state index in [-0.39, 0.29) is 24.1 Å². The highest BCUT2D eigenvalue weighted by molar-refractivity contribution is 7.18. The fourth-order valence-corrected chi connectivity index (χ4v) is 3.62. The fourth-order valence-electron chi connectivity index (χ4n) is 2.63. The number of carbonyl (C=O) groups is 1. The normalized spacial score (nSPS) is 12.5. The first-order valence-electron chi connectivity index (χ1n) is 8.18. The summed E-state index contributed by atoms with van der Waals surface area (Å²) in [6.07, 6.45) is 5.90. The first kappa shape index (κ1) is 17.7. The lowest BCUT2D eigenvalue weighted by Crippen LogP contribution is -2.37. The summed E-state index contributed by atoms with van der Waals surface area (Å²) < 4.78 is 1.40. The number of fused-ring (bicyclic) bond motifs is 1. The number of aromatic nitrogens is 2. The molecule has 0 aromatic carbocycles. The van der Waals surface area contributed by atoms with Gasteiger partial charge in [0.15, 0.2) is 0 Å². The largest absolute Gasteiger partial charge is 0.352 e. The Morgan fingerprint density at radius 2 is 2.13 bits per heavy atom. The highest BCUT2D eigenvalue weighted by Gasteiger charge is 2.14. The first-order valence-corrected chi connectivity index (χ1v) is 9.00. The van der Waals surface area contributed by atoms with Crippen molar-refractivity contribution in [2.75, 3.05) is 0 Å². The van der Waals surface area contributed by atoms with Crippen molar-refractivity contribution in [3.05, 3.63) is 27.1 Å². The molecule has 0 radical (unpaired) electrons. The Kier molecular flexibility index (Phi) is 5.93. The minimum absolute atomic E-state index is 0.0220. The first-order chi connectivity index (χ1) is 10.9. The zero-order valence-corrected chi connectivity index (χ0v) is 15.1. The molecule has 0 saturated carbocycles. The molecule has 0 spiro atoms. The summed E-state index contributed by atoms with van der Waals surface area (Å²) in [5.74, 6) is -0.137. The van der Waals surface area contributed by atoms with Crippen molar-refractivity contribution >= 4 is 27.5 Å². The Morgan fingerprint density at radius 1 is 1.39 bits per heavy atom. The van der Waals surface area contributed by atoms with Gasteiger partial charge in [-0.25, -0.2) is 4.98 Å². The molecule has 0 bridgehead atoms. The highest BCUT2D eigenvalue weighted by atomic mass is 32.1. The number of unbranched alkanes of at least 4 members (excludes halogenated alkanes) is 2. The van der Waals surface area contributed by atoms with Crippen molar-refractivity contribution in [1.82, 2.24) is 14.9 Å². The van der Waals surface area contributed by atoms with Crippen LogP contribution >= 0.6 is 11.3 Å². The van der Waals surface area contributed by atoms with Gasteiger partial charge in [-0.2, -0.15) is 0 Å². The molecule has 0 aliphatic heterocycles. The molecule has 6 heteroatoms. The molecule has 0 aliphatic rings. The van der Waals surface area contributed by atoms with E-state index in [0.717, 1.165) is 28.1 Å². The lowest BCUT2D eigenvalue weighted by atomic mass is 10.1. The van der Waals surface area contributed by atoms with Crippen LogP contribution in [-0.2, 0) is 11.3 Å². The topological polar surface area (TPSA) is 64.0 Å². The maximum Gasteiger partial charge on any atom is 0.262 e. The predicted octanol–water partition coefficient (Wildman–Crippen LogP) is 3.16. The maximum absolute atomic E-state index is 12.5. The van der Waals surface area contributed by atoms with Crippen molar-refractivity contribution in [1.29, 1.82) is 0 Å². The number of hydrogen-bond acceptors (Lipinski definition) is 4. The lowest BCUT2D eigenvalue weighted by molar-refractivity contribution is -0.122. The molecule has 23 heavy (non-hydrogen) atoms. The van der Waals surface area contributed by atoms with E-state index in [9.17, 15) is 9.59 Å². The van der Waals surface area contributed by atoms with Crippen molar-refractivity contribution in [3.63, 3.8) is 0 Å². The molecule has 1 amide bonds. The molecular formula is C17H25N3O2S. The third-order valence-electron chi connectivity index (χ3n) is 4.12. The molecule has 2 heterocycles. The predicted molar refractivity (Wildman–Crippen MR) is 95.1 cm³/mol. The second-order valence-electron chi connectivity index (χ2n) is 6.11.